The van der Waals surface area contributed by atoms with Crippen LogP contribution in [0, 0.1) is 11.3 Å². The molecule has 0 N–H and O–H groups in total. The SMILES string of the molecule is CCOC(=O)C1CC12COC2. The van der Waals surface area contributed by atoms with Crippen molar-refractivity contribution in [1.29, 1.82) is 0 Å². The Morgan fingerprint density at radius 1 is 1.73 bits per heavy atom. The molecule has 11 heavy (non-hydrogen) atoms. The summed E-state index contributed by atoms with van der Waals surface area (Å²) in [7, 11) is 0. The Morgan fingerprint density at radius 3 is 2.82 bits per heavy atom. The average molecular weight is 156 g/mol. The molecule has 0 aromatic heterocycles. The predicted octanol–water partition coefficient (Wildman–Crippen LogP) is 0.586. The van der Waals surface area contributed by atoms with E-state index in [0.717, 1.165) is 19.6 Å². The fourth-order valence-electron chi connectivity index (χ4n) is 1.61. The van der Waals surface area contributed by atoms with Crippen LogP contribution < -0.4 is 0 Å². The van der Waals surface area contributed by atoms with Crippen molar-refractivity contribution in [3.05, 3.63) is 0 Å². The van der Waals surface area contributed by atoms with Crippen molar-refractivity contribution in [1.82, 2.24) is 0 Å². The summed E-state index contributed by atoms with van der Waals surface area (Å²) in [4.78, 5) is 11.1. The summed E-state index contributed by atoms with van der Waals surface area (Å²) in [5, 5.41) is 0. The summed E-state index contributed by atoms with van der Waals surface area (Å²) < 4.78 is 9.95. The molecule has 1 atom stereocenters. The Kier molecular flexibility index (Phi) is 1.42. The standard InChI is InChI=1S/C8H12O3/c1-2-11-7(9)6-3-8(6)4-10-5-8/h6H,2-5H2,1H3. The predicted molar refractivity (Wildman–Crippen MR) is 38.0 cm³/mol. The molecule has 1 unspecified atom stereocenters. The Bertz CT molecular complexity index is 184. The molecular weight excluding hydrogens is 144 g/mol. The largest absolute Gasteiger partial charge is 0.466 e. The third-order valence-electron chi connectivity index (χ3n) is 2.54. The maximum Gasteiger partial charge on any atom is 0.309 e. The van der Waals surface area contributed by atoms with Gasteiger partial charge >= 0.3 is 5.97 Å². The fraction of sp³-hybridized carbons (Fsp3) is 0.875. The van der Waals surface area contributed by atoms with Crippen LogP contribution in [0.1, 0.15) is 13.3 Å². The number of ether oxygens (including phenoxy) is 2. The Morgan fingerprint density at radius 2 is 2.45 bits per heavy atom. The van der Waals surface area contributed by atoms with Crippen molar-refractivity contribution in [3.63, 3.8) is 0 Å². The van der Waals surface area contributed by atoms with Gasteiger partial charge in [-0.25, -0.2) is 0 Å². The molecule has 1 heterocycles. The molecule has 3 nitrogen and oxygen atoms in total. The number of carbonyl (C=O) groups is 1. The van der Waals surface area contributed by atoms with Gasteiger partial charge < -0.3 is 9.47 Å². The van der Waals surface area contributed by atoms with Crippen LogP contribution in [0.5, 0.6) is 0 Å². The number of hydrogen-bond acceptors (Lipinski definition) is 3. The first kappa shape index (κ1) is 7.10. The second-order valence-electron chi connectivity index (χ2n) is 3.36. The number of hydrogen-bond donors (Lipinski definition) is 0. The zero-order valence-corrected chi connectivity index (χ0v) is 6.63. The molecule has 2 rings (SSSR count). The van der Waals surface area contributed by atoms with Crippen LogP contribution in [0.2, 0.25) is 0 Å². The van der Waals surface area contributed by atoms with Gasteiger partial charge in [-0.3, -0.25) is 4.79 Å². The molecule has 0 amide bonds. The van der Waals surface area contributed by atoms with Crippen LogP contribution in [0.3, 0.4) is 0 Å². The van der Waals surface area contributed by atoms with Gasteiger partial charge in [0.25, 0.3) is 0 Å². The van der Waals surface area contributed by atoms with Gasteiger partial charge in [0.1, 0.15) is 0 Å². The first-order valence-electron chi connectivity index (χ1n) is 4.03. The van der Waals surface area contributed by atoms with E-state index in [1.807, 2.05) is 6.92 Å². The fourth-order valence-corrected chi connectivity index (χ4v) is 1.61. The van der Waals surface area contributed by atoms with Crippen LogP contribution >= 0.6 is 0 Å². The molecule has 0 aromatic rings. The second kappa shape index (κ2) is 2.21. The lowest BCUT2D eigenvalue weighted by molar-refractivity contribution is -0.149. The van der Waals surface area contributed by atoms with Gasteiger partial charge in [-0.05, 0) is 13.3 Å². The third-order valence-corrected chi connectivity index (χ3v) is 2.54. The minimum Gasteiger partial charge on any atom is -0.466 e. The van der Waals surface area contributed by atoms with Crippen molar-refractivity contribution >= 4 is 5.97 Å². The molecule has 0 bridgehead atoms. The molecule has 1 aliphatic carbocycles. The first-order valence-corrected chi connectivity index (χ1v) is 4.03. The Labute approximate surface area is 65.7 Å². The lowest BCUT2D eigenvalue weighted by Gasteiger charge is -2.26. The minimum atomic E-state index is -0.0317. The highest BCUT2D eigenvalue weighted by molar-refractivity contribution is 5.77. The van der Waals surface area contributed by atoms with Gasteiger partial charge in [0.2, 0.25) is 0 Å². The number of rotatable bonds is 2. The first-order chi connectivity index (χ1) is 5.28. The highest BCUT2D eigenvalue weighted by Gasteiger charge is 2.63. The van der Waals surface area contributed by atoms with Gasteiger partial charge in [0.05, 0.1) is 25.7 Å². The molecule has 3 heteroatoms. The Hall–Kier alpha value is -0.570. The van der Waals surface area contributed by atoms with Crippen LogP contribution in [-0.2, 0) is 14.3 Å². The lowest BCUT2D eigenvalue weighted by Crippen LogP contribution is -2.33. The summed E-state index contributed by atoms with van der Waals surface area (Å²) in [5.41, 5.74) is 0.215. The molecular formula is C8H12O3. The third kappa shape index (κ3) is 0.948. The monoisotopic (exact) mass is 156 g/mol. The van der Waals surface area contributed by atoms with Crippen molar-refractivity contribution in [2.24, 2.45) is 11.3 Å². The van der Waals surface area contributed by atoms with Crippen LogP contribution in [0.25, 0.3) is 0 Å². The van der Waals surface area contributed by atoms with E-state index < -0.39 is 0 Å². The van der Waals surface area contributed by atoms with Gasteiger partial charge in [0.15, 0.2) is 0 Å². The van der Waals surface area contributed by atoms with E-state index in [4.69, 9.17) is 9.47 Å². The molecule has 1 aliphatic heterocycles. The highest BCUT2D eigenvalue weighted by atomic mass is 16.5. The molecule has 62 valence electrons. The van der Waals surface area contributed by atoms with Gasteiger partial charge in [-0.2, -0.15) is 0 Å². The molecule has 2 fully saturated rings. The van der Waals surface area contributed by atoms with Crippen molar-refractivity contribution < 1.29 is 14.3 Å². The Balaban J connectivity index is 1.85. The second-order valence-corrected chi connectivity index (χ2v) is 3.36. The van der Waals surface area contributed by atoms with E-state index in [9.17, 15) is 4.79 Å². The van der Waals surface area contributed by atoms with E-state index in [-0.39, 0.29) is 17.3 Å². The lowest BCUT2D eigenvalue weighted by atomic mass is 10.0. The summed E-state index contributed by atoms with van der Waals surface area (Å²) >= 11 is 0. The molecule has 1 saturated carbocycles. The van der Waals surface area contributed by atoms with Crippen molar-refractivity contribution in [2.75, 3.05) is 19.8 Å². The van der Waals surface area contributed by atoms with E-state index in [0.29, 0.717) is 6.61 Å². The summed E-state index contributed by atoms with van der Waals surface area (Å²) in [6.45, 7) is 3.85. The summed E-state index contributed by atoms with van der Waals surface area (Å²) in [6, 6.07) is 0. The minimum absolute atomic E-state index is 0.0317. The van der Waals surface area contributed by atoms with E-state index in [1.54, 1.807) is 0 Å². The topological polar surface area (TPSA) is 35.5 Å². The number of carbonyl (C=O) groups excluding carboxylic acids is 1. The molecule has 1 spiro atoms. The normalized spacial score (nSPS) is 31.2. The quantitative estimate of drug-likeness (QED) is 0.549. The van der Waals surface area contributed by atoms with Crippen molar-refractivity contribution in [3.8, 4) is 0 Å². The zero-order chi connectivity index (χ0) is 7.90. The summed E-state index contributed by atoms with van der Waals surface area (Å²) in [5.74, 6) is 0.118. The van der Waals surface area contributed by atoms with Crippen LogP contribution in [0.4, 0.5) is 0 Å². The molecule has 2 aliphatic rings. The average Bonchev–Trinajstić information content (AvgIpc) is 2.60. The molecule has 1 saturated heterocycles. The van der Waals surface area contributed by atoms with Crippen LogP contribution in [0.15, 0.2) is 0 Å². The van der Waals surface area contributed by atoms with E-state index in [1.165, 1.54) is 0 Å². The number of esters is 1. The summed E-state index contributed by atoms with van der Waals surface area (Å²) in [6.07, 6.45) is 0.978. The van der Waals surface area contributed by atoms with Gasteiger partial charge in [0, 0.05) is 5.41 Å². The zero-order valence-electron chi connectivity index (χ0n) is 6.63. The maximum atomic E-state index is 11.1. The van der Waals surface area contributed by atoms with Gasteiger partial charge in [-0.1, -0.05) is 0 Å². The highest BCUT2D eigenvalue weighted by Crippen LogP contribution is 2.57. The maximum absolute atomic E-state index is 11.1. The van der Waals surface area contributed by atoms with Gasteiger partial charge in [-0.15, -0.1) is 0 Å². The van der Waals surface area contributed by atoms with Crippen LogP contribution in [-0.4, -0.2) is 25.8 Å². The van der Waals surface area contributed by atoms with E-state index in [2.05, 4.69) is 0 Å². The van der Waals surface area contributed by atoms with E-state index >= 15 is 0 Å². The molecule has 0 aromatic carbocycles. The molecule has 0 radical (unpaired) electrons. The smallest absolute Gasteiger partial charge is 0.309 e. The van der Waals surface area contributed by atoms with Crippen molar-refractivity contribution in [2.45, 2.75) is 13.3 Å².